The van der Waals surface area contributed by atoms with E-state index in [1.54, 1.807) is 13.4 Å². The number of nitrogens with one attached hydrogen (secondary N) is 1. The Balaban J connectivity index is 1.63. The molecule has 1 amide bonds. The number of aryl methyl sites for hydroxylation is 3. The van der Waals surface area contributed by atoms with Gasteiger partial charge in [0.25, 0.3) is 0 Å². The van der Waals surface area contributed by atoms with Gasteiger partial charge < -0.3 is 19.9 Å². The number of rotatable bonds is 6. The molecule has 0 spiro atoms. The molecule has 2 heterocycles. The second kappa shape index (κ2) is 10.8. The third-order valence-electron chi connectivity index (χ3n) is 7.59. The van der Waals surface area contributed by atoms with Gasteiger partial charge in [-0.05, 0) is 110 Å². The summed E-state index contributed by atoms with van der Waals surface area (Å²) >= 11 is 6.46. The molecule has 1 unspecified atom stereocenters. The van der Waals surface area contributed by atoms with Crippen LogP contribution in [-0.2, 0) is 4.79 Å². The number of halogens is 1. The molecule has 0 radical (unpaired) electrons. The van der Waals surface area contributed by atoms with Crippen molar-refractivity contribution in [2.24, 2.45) is 4.99 Å². The summed E-state index contributed by atoms with van der Waals surface area (Å²) in [6, 6.07) is 15.9. The van der Waals surface area contributed by atoms with Gasteiger partial charge in [-0.2, -0.15) is 0 Å². The average Bonchev–Trinajstić information content (AvgIpc) is 3.40. The molecule has 38 heavy (non-hydrogen) atoms. The van der Waals surface area contributed by atoms with Crippen molar-refractivity contribution >= 4 is 35.2 Å². The molecule has 2 atom stereocenters. The number of likely N-dealkylation sites (N-methyl/N-ethyl adjacent to an activating group) is 1. The van der Waals surface area contributed by atoms with Gasteiger partial charge in [0.05, 0.1) is 19.1 Å². The quantitative estimate of drug-likeness (QED) is 0.402. The maximum atomic E-state index is 14.2. The van der Waals surface area contributed by atoms with Gasteiger partial charge in [-0.3, -0.25) is 4.79 Å². The van der Waals surface area contributed by atoms with Crippen LogP contribution in [0.5, 0.6) is 5.75 Å². The molecule has 0 aliphatic carbocycles. The zero-order valence-corrected chi connectivity index (χ0v) is 23.5. The van der Waals surface area contributed by atoms with Crippen molar-refractivity contribution < 1.29 is 9.53 Å². The highest BCUT2D eigenvalue weighted by atomic mass is 35.5. The van der Waals surface area contributed by atoms with Crippen molar-refractivity contribution in [3.8, 4) is 16.9 Å². The number of aliphatic imine (C=N–C) groups is 1. The number of hydrogen-bond donors (Lipinski definition) is 1. The Morgan fingerprint density at radius 3 is 2.61 bits per heavy atom. The number of fused-ring (bicyclic) bond motifs is 1. The van der Waals surface area contributed by atoms with Crippen molar-refractivity contribution in [2.75, 3.05) is 32.1 Å². The first kappa shape index (κ1) is 26.3. The van der Waals surface area contributed by atoms with E-state index < -0.39 is 6.04 Å². The molecule has 1 fully saturated rings. The first-order chi connectivity index (χ1) is 18.2. The Morgan fingerprint density at radius 2 is 1.89 bits per heavy atom. The molecule has 1 saturated heterocycles. The van der Waals surface area contributed by atoms with Gasteiger partial charge in [-0.25, -0.2) is 4.99 Å². The summed E-state index contributed by atoms with van der Waals surface area (Å²) < 4.78 is 5.52. The molecule has 2 aliphatic rings. The van der Waals surface area contributed by atoms with Crippen molar-refractivity contribution in [3.05, 3.63) is 75.8 Å². The van der Waals surface area contributed by atoms with E-state index >= 15 is 0 Å². The van der Waals surface area contributed by atoms with Gasteiger partial charge in [-0.15, -0.1) is 0 Å². The number of amides is 1. The van der Waals surface area contributed by atoms with Gasteiger partial charge in [0.15, 0.2) is 0 Å². The number of nitrogens with zero attached hydrogens (tertiary/aromatic N) is 3. The van der Waals surface area contributed by atoms with Gasteiger partial charge in [0.2, 0.25) is 5.91 Å². The van der Waals surface area contributed by atoms with Crippen molar-refractivity contribution in [1.29, 1.82) is 0 Å². The molecule has 3 aromatic rings. The molecule has 6 nitrogen and oxygen atoms in total. The molecular weight excluding hydrogens is 496 g/mol. The first-order valence-electron chi connectivity index (χ1n) is 13.1. The predicted molar refractivity (Wildman–Crippen MR) is 156 cm³/mol. The Labute approximate surface area is 230 Å². The number of carbonyl (C=O) groups is 1. The molecule has 0 saturated carbocycles. The normalized spacial score (nSPS) is 18.4. The summed E-state index contributed by atoms with van der Waals surface area (Å²) in [5.41, 5.74) is 7.95. The minimum Gasteiger partial charge on any atom is -0.497 e. The third kappa shape index (κ3) is 5.16. The van der Waals surface area contributed by atoms with E-state index in [9.17, 15) is 4.79 Å². The van der Waals surface area contributed by atoms with Crippen molar-refractivity contribution in [3.63, 3.8) is 0 Å². The maximum Gasteiger partial charge on any atom is 0.250 e. The lowest BCUT2D eigenvalue weighted by molar-refractivity contribution is -0.131. The predicted octanol–water partition coefficient (Wildman–Crippen LogP) is 6.37. The fourth-order valence-corrected chi connectivity index (χ4v) is 5.85. The second-order valence-electron chi connectivity index (χ2n) is 10.5. The van der Waals surface area contributed by atoms with Crippen LogP contribution in [0.25, 0.3) is 11.1 Å². The first-order valence-corrected chi connectivity index (χ1v) is 13.5. The number of methoxy groups -OCH3 is 1. The number of hydrogen-bond acceptors (Lipinski definition) is 5. The summed E-state index contributed by atoms with van der Waals surface area (Å²) in [7, 11) is 3.58. The summed E-state index contributed by atoms with van der Waals surface area (Å²) in [6.45, 7) is 7.86. The Morgan fingerprint density at radius 1 is 1.11 bits per heavy atom. The van der Waals surface area contributed by atoms with Gasteiger partial charge in [-0.1, -0.05) is 17.7 Å². The number of ether oxygens (including phenoxy) is 1. The van der Waals surface area contributed by atoms with E-state index in [0.717, 1.165) is 69.9 Å². The molecule has 5 rings (SSSR count). The number of anilines is 1. The molecular formula is C31H35ClN4O2. The van der Waals surface area contributed by atoms with Crippen LogP contribution < -0.4 is 15.0 Å². The minimum atomic E-state index is -0.572. The molecule has 0 bridgehead atoms. The summed E-state index contributed by atoms with van der Waals surface area (Å²) in [5, 5.41) is 4.14. The monoisotopic (exact) mass is 530 g/mol. The van der Waals surface area contributed by atoms with Crippen LogP contribution in [0, 0.1) is 20.8 Å². The summed E-state index contributed by atoms with van der Waals surface area (Å²) in [6.07, 6.45) is 3.99. The maximum absolute atomic E-state index is 14.2. The van der Waals surface area contributed by atoms with Crippen LogP contribution in [0.2, 0.25) is 5.02 Å². The Kier molecular flexibility index (Phi) is 7.46. The summed E-state index contributed by atoms with van der Waals surface area (Å²) in [4.78, 5) is 22.9. The van der Waals surface area contributed by atoms with Gasteiger partial charge >= 0.3 is 0 Å². The lowest BCUT2D eigenvalue weighted by atomic mass is 9.90. The highest BCUT2D eigenvalue weighted by Crippen LogP contribution is 2.42. The third-order valence-corrected chi connectivity index (χ3v) is 7.81. The largest absolute Gasteiger partial charge is 0.497 e. The number of benzene rings is 3. The molecule has 0 aromatic heterocycles. The zero-order chi connectivity index (χ0) is 27.0. The Hall–Kier alpha value is -3.35. The van der Waals surface area contributed by atoms with Gasteiger partial charge in [0.1, 0.15) is 11.8 Å². The van der Waals surface area contributed by atoms with Crippen molar-refractivity contribution in [2.45, 2.75) is 45.7 Å². The smallest absolute Gasteiger partial charge is 0.250 e. The molecule has 2 aliphatic heterocycles. The molecule has 3 aromatic carbocycles. The second-order valence-corrected chi connectivity index (χ2v) is 10.9. The lowest BCUT2D eigenvalue weighted by Crippen LogP contribution is -2.46. The fourth-order valence-electron chi connectivity index (χ4n) is 5.57. The minimum absolute atomic E-state index is 0.0286. The zero-order valence-electron chi connectivity index (χ0n) is 22.7. The Bertz CT molecular complexity index is 1380. The molecule has 1 N–H and O–H groups in total. The van der Waals surface area contributed by atoms with Crippen LogP contribution in [-0.4, -0.2) is 50.4 Å². The SMILES string of the molecule is COc1ccc(C)c(-c2cc3c(cc2C)N=CN(c2cc(C)cc(Cl)c2)C3C(=O)N(C)C[C@@H]2CCCN2)c1. The van der Waals surface area contributed by atoms with E-state index in [-0.39, 0.29) is 5.91 Å². The highest BCUT2D eigenvalue weighted by Gasteiger charge is 2.36. The summed E-state index contributed by atoms with van der Waals surface area (Å²) in [5.74, 6) is 0.828. The van der Waals surface area contributed by atoms with Crippen LogP contribution in [0.4, 0.5) is 11.4 Å². The van der Waals surface area contributed by atoms with Crippen molar-refractivity contribution in [1.82, 2.24) is 10.2 Å². The number of carbonyl (C=O) groups excluding carboxylic acids is 1. The van der Waals surface area contributed by atoms with Crippen LogP contribution in [0.1, 0.15) is 41.1 Å². The molecule has 198 valence electrons. The topological polar surface area (TPSA) is 57.2 Å². The molecule has 7 heteroatoms. The fraction of sp³-hybridized carbons (Fsp3) is 0.355. The van der Waals surface area contributed by atoms with Crippen LogP contribution >= 0.6 is 11.6 Å². The van der Waals surface area contributed by atoms with E-state index in [1.165, 1.54) is 0 Å². The van der Waals surface area contributed by atoms with Gasteiger partial charge in [0, 0.05) is 35.9 Å². The highest BCUT2D eigenvalue weighted by molar-refractivity contribution is 6.31. The van der Waals surface area contributed by atoms with E-state index in [2.05, 4.69) is 43.4 Å². The van der Waals surface area contributed by atoms with E-state index in [1.807, 2.05) is 48.0 Å². The van der Waals surface area contributed by atoms with E-state index in [4.69, 9.17) is 21.3 Å². The van der Waals surface area contributed by atoms with Crippen LogP contribution in [0.3, 0.4) is 0 Å². The van der Waals surface area contributed by atoms with Crippen LogP contribution in [0.15, 0.2) is 53.5 Å². The van der Waals surface area contributed by atoms with E-state index in [0.29, 0.717) is 17.6 Å². The lowest BCUT2D eigenvalue weighted by Gasteiger charge is -2.36. The average molecular weight is 531 g/mol. The standard InChI is InChI=1S/C31H35ClN4O2/c1-19-11-22(32)14-24(12-19)36-18-34-29-13-21(3)27(26-15-25(38-5)9-8-20(26)2)16-28(29)30(36)31(37)35(4)17-23-7-6-10-33-23/h8-9,11-16,18,23,30,33H,6-7,10,17H2,1-5H3/t23-,30?/m0/s1.